The average Bonchev–Trinajstić information content (AvgIpc) is 2.86. The zero-order chi connectivity index (χ0) is 19.1. The molecule has 2 unspecified atom stereocenters. The molecule has 0 radical (unpaired) electrons. The molecule has 4 nitrogen and oxygen atoms in total. The van der Waals surface area contributed by atoms with Gasteiger partial charge in [-0.05, 0) is 63.9 Å². The Kier molecular flexibility index (Phi) is 4.08. The molecule has 2 aliphatic carbocycles. The van der Waals surface area contributed by atoms with Gasteiger partial charge in [-0.15, -0.1) is 3.89 Å². The van der Waals surface area contributed by atoms with E-state index in [1.165, 1.54) is 0 Å². The van der Waals surface area contributed by atoms with Crippen LogP contribution in [0.3, 0.4) is 0 Å². The Morgan fingerprint density at radius 3 is 2.12 bits per heavy atom. The topological polar surface area (TPSA) is 52.6 Å². The first-order valence-corrected chi connectivity index (χ1v) is 10.4. The van der Waals surface area contributed by atoms with Crippen molar-refractivity contribution in [3.05, 3.63) is 11.3 Å². The quantitative estimate of drug-likeness (QED) is 0.553. The number of fused-ring (bicyclic) bond motifs is 2. The summed E-state index contributed by atoms with van der Waals surface area (Å²) >= 11 is 0. The molecule has 3 fully saturated rings. The van der Waals surface area contributed by atoms with E-state index in [2.05, 4.69) is 0 Å². The highest BCUT2D eigenvalue weighted by Gasteiger charge is 2.65. The molecule has 1 saturated heterocycles. The highest BCUT2D eigenvalue weighted by Crippen LogP contribution is 2.69. The average molecular weight is 376 g/mol. The Balaban J connectivity index is 2.05. The van der Waals surface area contributed by atoms with Crippen LogP contribution in [0.5, 0.6) is 0 Å². The monoisotopic (exact) mass is 376 g/mol. The summed E-state index contributed by atoms with van der Waals surface area (Å²) in [6.07, 6.45) is 1.68. The number of allylic oxidation sites excluding steroid dienone is 1. The van der Waals surface area contributed by atoms with Gasteiger partial charge in [-0.3, -0.25) is 0 Å². The van der Waals surface area contributed by atoms with E-state index in [1.54, 1.807) is 0 Å². The lowest BCUT2D eigenvalue weighted by molar-refractivity contribution is 0.00578. The van der Waals surface area contributed by atoms with Gasteiger partial charge in [0.2, 0.25) is 0 Å². The van der Waals surface area contributed by atoms with E-state index < -0.39 is 50.9 Å². The van der Waals surface area contributed by atoms with Crippen molar-refractivity contribution in [1.82, 2.24) is 0 Å². The number of halogens is 2. The first-order valence-electron chi connectivity index (χ1n) is 8.80. The second kappa shape index (κ2) is 5.29. The van der Waals surface area contributed by atoms with Crippen LogP contribution in [0.15, 0.2) is 11.3 Å². The van der Waals surface area contributed by atoms with Gasteiger partial charge in [0.15, 0.2) is 0 Å². The maximum absolute atomic E-state index is 15.4. The second-order valence-corrected chi connectivity index (χ2v) is 10.7. The minimum Gasteiger partial charge on any atom is -0.398 e. The Morgan fingerprint density at radius 2 is 1.68 bits per heavy atom. The zero-order valence-corrected chi connectivity index (χ0v) is 16.6. The van der Waals surface area contributed by atoms with Crippen LogP contribution in [0.25, 0.3) is 0 Å². The summed E-state index contributed by atoms with van der Waals surface area (Å²) < 4.78 is 63.6. The van der Waals surface area contributed by atoms with Gasteiger partial charge in [-0.25, -0.2) is 4.39 Å². The molecule has 3 rings (SSSR count). The summed E-state index contributed by atoms with van der Waals surface area (Å²) in [6.45, 7) is 11.2. The normalized spacial score (nSPS) is 37.6. The van der Waals surface area contributed by atoms with E-state index in [1.807, 2.05) is 41.5 Å². The molecular weight excluding hydrogens is 349 g/mol. The molecule has 2 atom stereocenters. The zero-order valence-electron chi connectivity index (χ0n) is 15.8. The Hall–Kier alpha value is -0.465. The predicted molar refractivity (Wildman–Crippen MR) is 92.7 cm³/mol. The van der Waals surface area contributed by atoms with Crippen molar-refractivity contribution in [2.75, 3.05) is 5.75 Å². The molecule has 1 aliphatic heterocycles. The number of hydrogen-bond acceptors (Lipinski definition) is 4. The van der Waals surface area contributed by atoms with Gasteiger partial charge >= 0.3 is 17.3 Å². The first kappa shape index (κ1) is 19.3. The molecule has 0 amide bonds. The lowest BCUT2D eigenvalue weighted by Gasteiger charge is -2.38. The number of hydrogen-bond donors (Lipinski definition) is 0. The van der Waals surface area contributed by atoms with Crippen LogP contribution >= 0.6 is 0 Å². The molecule has 0 spiro atoms. The standard InChI is InChI=1S/C17H27BF2O4S/c1-14(2)11-7-8-17(14,10-25(20,21)22)12(9-11)13(19)18-23-15(3,4)16(5,6)24-18/h11H,7-10H2,1-6H3. The molecular formula is C17H27BF2O4S. The fraction of sp³-hybridized carbons (Fsp3) is 0.882. The SMILES string of the molecule is CC1(C)OB(C(F)=C2CC3CCC2(CS(=O)(=O)F)C3(C)C)OC1(C)C. The lowest BCUT2D eigenvalue weighted by Crippen LogP contribution is -2.41. The summed E-state index contributed by atoms with van der Waals surface area (Å²) in [5.41, 5.74) is -3.10. The van der Waals surface area contributed by atoms with Crippen molar-refractivity contribution < 1.29 is 26.0 Å². The highest BCUT2D eigenvalue weighted by molar-refractivity contribution is 7.86. The van der Waals surface area contributed by atoms with Crippen molar-refractivity contribution in [2.45, 2.75) is 72.0 Å². The molecule has 142 valence electrons. The summed E-state index contributed by atoms with van der Waals surface area (Å²) in [5, 5.41) is 0. The summed E-state index contributed by atoms with van der Waals surface area (Å²) in [6, 6.07) is 0. The molecule has 0 aromatic heterocycles. The van der Waals surface area contributed by atoms with Crippen molar-refractivity contribution in [3.63, 3.8) is 0 Å². The van der Waals surface area contributed by atoms with Crippen LogP contribution in [0.1, 0.15) is 60.8 Å². The third-order valence-corrected chi connectivity index (χ3v) is 8.21. The van der Waals surface area contributed by atoms with E-state index in [-0.39, 0.29) is 5.92 Å². The van der Waals surface area contributed by atoms with E-state index in [9.17, 15) is 12.3 Å². The van der Waals surface area contributed by atoms with E-state index in [0.717, 1.165) is 6.42 Å². The molecule has 0 aromatic carbocycles. The van der Waals surface area contributed by atoms with Gasteiger partial charge in [0, 0.05) is 5.41 Å². The molecule has 2 bridgehead atoms. The predicted octanol–water partition coefficient (Wildman–Crippen LogP) is 3.97. The van der Waals surface area contributed by atoms with E-state index in [0.29, 0.717) is 18.4 Å². The molecule has 2 saturated carbocycles. The van der Waals surface area contributed by atoms with Crippen molar-refractivity contribution in [2.24, 2.45) is 16.7 Å². The molecule has 25 heavy (non-hydrogen) atoms. The van der Waals surface area contributed by atoms with Crippen LogP contribution in [-0.4, -0.2) is 32.5 Å². The van der Waals surface area contributed by atoms with Gasteiger partial charge in [-0.1, -0.05) is 13.8 Å². The summed E-state index contributed by atoms with van der Waals surface area (Å²) in [7, 11) is -5.91. The van der Waals surface area contributed by atoms with Crippen LogP contribution < -0.4 is 0 Å². The van der Waals surface area contributed by atoms with Crippen LogP contribution in [0, 0.1) is 16.7 Å². The minimum absolute atomic E-state index is 0.137. The molecule has 1 heterocycles. The summed E-state index contributed by atoms with van der Waals surface area (Å²) in [4.78, 5) is 0. The van der Waals surface area contributed by atoms with Gasteiger partial charge in [0.05, 0.1) is 17.0 Å². The molecule has 0 N–H and O–H groups in total. The maximum atomic E-state index is 15.4. The van der Waals surface area contributed by atoms with Crippen LogP contribution in [0.2, 0.25) is 0 Å². The second-order valence-electron chi connectivity index (χ2n) is 9.34. The third-order valence-electron chi connectivity index (χ3n) is 7.37. The fourth-order valence-electron chi connectivity index (χ4n) is 4.89. The van der Waals surface area contributed by atoms with Crippen molar-refractivity contribution >= 4 is 17.3 Å². The van der Waals surface area contributed by atoms with E-state index >= 15 is 4.39 Å². The van der Waals surface area contributed by atoms with Gasteiger partial charge < -0.3 is 9.31 Å². The van der Waals surface area contributed by atoms with Crippen LogP contribution in [-0.2, 0) is 19.5 Å². The first-order chi connectivity index (χ1) is 11.1. The molecule has 0 aromatic rings. The highest BCUT2D eigenvalue weighted by atomic mass is 32.3. The lowest BCUT2D eigenvalue weighted by atomic mass is 9.66. The third kappa shape index (κ3) is 2.70. The van der Waals surface area contributed by atoms with Gasteiger partial charge in [0.25, 0.3) is 0 Å². The maximum Gasteiger partial charge on any atom is 0.525 e. The van der Waals surface area contributed by atoms with Crippen molar-refractivity contribution in [1.29, 1.82) is 0 Å². The van der Waals surface area contributed by atoms with Crippen molar-refractivity contribution in [3.8, 4) is 0 Å². The Morgan fingerprint density at radius 1 is 1.16 bits per heavy atom. The Labute approximate surface area is 149 Å². The van der Waals surface area contributed by atoms with Gasteiger partial charge in [-0.2, -0.15) is 8.42 Å². The van der Waals surface area contributed by atoms with Crippen LogP contribution in [0.4, 0.5) is 8.28 Å². The smallest absolute Gasteiger partial charge is 0.398 e. The van der Waals surface area contributed by atoms with Gasteiger partial charge in [0.1, 0.15) is 5.73 Å². The number of rotatable bonds is 3. The van der Waals surface area contributed by atoms with E-state index in [4.69, 9.17) is 9.31 Å². The summed E-state index contributed by atoms with van der Waals surface area (Å²) in [5.74, 6) is -0.538. The Bertz CT molecular complexity index is 713. The minimum atomic E-state index is -4.74. The molecule has 8 heteroatoms. The molecule has 3 aliphatic rings. The largest absolute Gasteiger partial charge is 0.525 e. The fourth-order valence-corrected chi connectivity index (χ4v) is 6.17.